The second-order valence-electron chi connectivity index (χ2n) is 11.0. The van der Waals surface area contributed by atoms with Crippen molar-refractivity contribution in [3.63, 3.8) is 0 Å². The number of H-pyrrole nitrogens is 1. The van der Waals surface area contributed by atoms with Crippen LogP contribution in [0, 0.1) is 5.82 Å². The summed E-state index contributed by atoms with van der Waals surface area (Å²) in [6, 6.07) is 30.2. The summed E-state index contributed by atoms with van der Waals surface area (Å²) in [5, 5.41) is 4.43. The van der Waals surface area contributed by atoms with Crippen LogP contribution in [0.5, 0.6) is 0 Å². The molecule has 0 unspecified atom stereocenters. The molecular formula is C36H27FN4O4S. The molecule has 0 saturated heterocycles. The fourth-order valence-corrected chi connectivity index (χ4v) is 6.05. The molecule has 8 nitrogen and oxygen atoms in total. The van der Waals surface area contributed by atoms with E-state index < -0.39 is 21.7 Å². The molecule has 0 spiro atoms. The Balaban J connectivity index is 1.46. The lowest BCUT2D eigenvalue weighted by Gasteiger charge is -2.21. The zero-order chi connectivity index (χ0) is 32.0. The number of rotatable bonds is 7. The van der Waals surface area contributed by atoms with E-state index in [1.807, 2.05) is 48.5 Å². The Bertz CT molecular complexity index is 2330. The van der Waals surface area contributed by atoms with Crippen LogP contribution in [-0.2, 0) is 10.0 Å². The lowest BCUT2D eigenvalue weighted by Crippen LogP contribution is -2.25. The van der Waals surface area contributed by atoms with Gasteiger partial charge in [-0.15, -0.1) is 0 Å². The Morgan fingerprint density at radius 2 is 1.61 bits per heavy atom. The van der Waals surface area contributed by atoms with Crippen molar-refractivity contribution < 1.29 is 22.0 Å². The van der Waals surface area contributed by atoms with Crippen LogP contribution in [0.15, 0.2) is 120 Å². The highest BCUT2D eigenvalue weighted by molar-refractivity contribution is 7.92. The second kappa shape index (κ2) is 11.3. The topological polar surface area (TPSA) is 108 Å². The number of sulfonamides is 1. The fraction of sp³-hybridized carbons (Fsp3) is 0.0556. The number of hydrogen-bond donors (Lipinski definition) is 2. The molecule has 10 heteroatoms. The Labute approximate surface area is 264 Å². The molecule has 0 radical (unpaired) electrons. The molecule has 0 aliphatic heterocycles. The van der Waals surface area contributed by atoms with Crippen LogP contribution in [0.2, 0.25) is 0 Å². The van der Waals surface area contributed by atoms with Crippen LogP contribution >= 0.6 is 0 Å². The molecule has 46 heavy (non-hydrogen) atoms. The van der Waals surface area contributed by atoms with Crippen molar-refractivity contribution in [2.75, 3.05) is 22.9 Å². The van der Waals surface area contributed by atoms with E-state index in [9.17, 15) is 17.6 Å². The third kappa shape index (κ3) is 5.39. The van der Waals surface area contributed by atoms with Gasteiger partial charge in [0.15, 0.2) is 0 Å². The Kier molecular flexibility index (Phi) is 7.13. The number of aromatic amines is 1. The van der Waals surface area contributed by atoms with Gasteiger partial charge in [-0.1, -0.05) is 36.4 Å². The van der Waals surface area contributed by atoms with Gasteiger partial charge in [0.05, 0.1) is 17.5 Å². The normalized spacial score (nSPS) is 11.6. The maximum atomic E-state index is 13.9. The predicted octanol–water partition coefficient (Wildman–Crippen LogP) is 8.10. The molecule has 7 rings (SSSR count). The predicted molar refractivity (Wildman–Crippen MR) is 180 cm³/mol. The van der Waals surface area contributed by atoms with Crippen molar-refractivity contribution in [3.8, 4) is 33.7 Å². The number of nitrogens with zero attached hydrogens (tertiary/aromatic N) is 2. The van der Waals surface area contributed by atoms with Gasteiger partial charge in [0.25, 0.3) is 5.91 Å². The standard InChI is InChI=1S/C36H27FN4O4S/c1-41(46(2,43)44)32-21-33-29(20-28(32)23-7-5-8-24(18-23)31-19-25-6-3-4-9-30(25)40-31)34(36(42)39-27-14-16-38-17-15-27)35(45-33)22-10-12-26(37)13-11-22/h3-21,40H,1-2H3,(H,38,39,42). The van der Waals surface area contributed by atoms with Gasteiger partial charge in [-0.2, -0.15) is 0 Å². The molecule has 228 valence electrons. The molecule has 0 bridgehead atoms. The Hall–Kier alpha value is -5.74. The molecule has 4 aromatic carbocycles. The van der Waals surface area contributed by atoms with Crippen LogP contribution in [0.4, 0.5) is 15.8 Å². The van der Waals surface area contributed by atoms with Crippen molar-refractivity contribution in [1.82, 2.24) is 9.97 Å². The number of halogens is 1. The van der Waals surface area contributed by atoms with Gasteiger partial charge in [0.1, 0.15) is 17.2 Å². The summed E-state index contributed by atoms with van der Waals surface area (Å²) in [5.74, 6) is -0.665. The van der Waals surface area contributed by atoms with Gasteiger partial charge < -0.3 is 14.7 Å². The average Bonchev–Trinajstić information content (AvgIpc) is 3.66. The molecule has 7 aromatic rings. The Morgan fingerprint density at radius 1 is 0.870 bits per heavy atom. The Morgan fingerprint density at radius 3 is 2.35 bits per heavy atom. The maximum Gasteiger partial charge on any atom is 0.260 e. The number of pyridine rings is 1. The van der Waals surface area contributed by atoms with E-state index in [0.717, 1.165) is 34.0 Å². The van der Waals surface area contributed by atoms with Crippen molar-refractivity contribution in [1.29, 1.82) is 0 Å². The lowest BCUT2D eigenvalue weighted by molar-refractivity contribution is 0.102. The maximum absolute atomic E-state index is 13.9. The smallest absolute Gasteiger partial charge is 0.260 e. The van der Waals surface area contributed by atoms with E-state index in [4.69, 9.17) is 4.42 Å². The number of carbonyl (C=O) groups is 1. The van der Waals surface area contributed by atoms with Gasteiger partial charge in [-0.3, -0.25) is 14.1 Å². The van der Waals surface area contributed by atoms with Gasteiger partial charge in [-0.25, -0.2) is 12.8 Å². The number of furan rings is 1. The van der Waals surface area contributed by atoms with Crippen LogP contribution in [0.1, 0.15) is 10.4 Å². The third-order valence-corrected chi connectivity index (χ3v) is 9.12. The number of amides is 1. The molecule has 0 fully saturated rings. The van der Waals surface area contributed by atoms with E-state index in [-0.39, 0.29) is 11.3 Å². The first-order chi connectivity index (χ1) is 22.2. The summed E-state index contributed by atoms with van der Waals surface area (Å²) in [4.78, 5) is 21.4. The monoisotopic (exact) mass is 630 g/mol. The van der Waals surface area contributed by atoms with Gasteiger partial charge in [0.2, 0.25) is 10.0 Å². The number of para-hydroxylation sites is 1. The van der Waals surface area contributed by atoms with Gasteiger partial charge >= 0.3 is 0 Å². The zero-order valence-corrected chi connectivity index (χ0v) is 25.6. The highest BCUT2D eigenvalue weighted by Crippen LogP contribution is 2.42. The molecule has 2 N–H and O–H groups in total. The first kappa shape index (κ1) is 29.0. The summed E-state index contributed by atoms with van der Waals surface area (Å²) in [7, 11) is -2.22. The lowest BCUT2D eigenvalue weighted by atomic mass is 9.96. The number of aromatic nitrogens is 2. The first-order valence-electron chi connectivity index (χ1n) is 14.4. The van der Waals surface area contributed by atoms with E-state index in [1.54, 1.807) is 36.7 Å². The fourth-order valence-electron chi connectivity index (χ4n) is 5.54. The van der Waals surface area contributed by atoms with E-state index in [2.05, 4.69) is 21.4 Å². The summed E-state index contributed by atoms with van der Waals surface area (Å²) in [6.07, 6.45) is 4.26. The van der Waals surface area contributed by atoms with Crippen molar-refractivity contribution >= 4 is 49.2 Å². The molecule has 0 aliphatic rings. The minimum absolute atomic E-state index is 0.221. The van der Waals surface area contributed by atoms with Crippen molar-refractivity contribution in [2.45, 2.75) is 0 Å². The highest BCUT2D eigenvalue weighted by atomic mass is 32.2. The molecule has 1 amide bonds. The largest absolute Gasteiger partial charge is 0.455 e. The molecule has 0 saturated carbocycles. The number of carbonyl (C=O) groups excluding carboxylic acids is 1. The first-order valence-corrected chi connectivity index (χ1v) is 16.2. The van der Waals surface area contributed by atoms with Crippen LogP contribution in [0.25, 0.3) is 55.6 Å². The molecule has 0 aliphatic carbocycles. The number of anilines is 2. The minimum atomic E-state index is -3.69. The number of hydrogen-bond acceptors (Lipinski definition) is 5. The number of fused-ring (bicyclic) bond motifs is 2. The van der Waals surface area contributed by atoms with Gasteiger partial charge in [0, 0.05) is 64.3 Å². The van der Waals surface area contributed by atoms with E-state index in [1.165, 1.54) is 35.6 Å². The summed E-state index contributed by atoms with van der Waals surface area (Å²) < 4.78 is 47.1. The zero-order valence-electron chi connectivity index (χ0n) is 24.8. The number of nitrogens with one attached hydrogen (secondary N) is 2. The van der Waals surface area contributed by atoms with Crippen LogP contribution in [0.3, 0.4) is 0 Å². The van der Waals surface area contributed by atoms with E-state index >= 15 is 0 Å². The molecule has 3 heterocycles. The third-order valence-electron chi connectivity index (χ3n) is 7.93. The average molecular weight is 631 g/mol. The van der Waals surface area contributed by atoms with Gasteiger partial charge in [-0.05, 0) is 71.8 Å². The summed E-state index contributed by atoms with van der Waals surface area (Å²) >= 11 is 0. The molecular weight excluding hydrogens is 603 g/mol. The summed E-state index contributed by atoms with van der Waals surface area (Å²) in [5.41, 5.74) is 5.99. The highest BCUT2D eigenvalue weighted by Gasteiger charge is 2.26. The van der Waals surface area contributed by atoms with Crippen molar-refractivity contribution in [3.05, 3.63) is 127 Å². The minimum Gasteiger partial charge on any atom is -0.455 e. The SMILES string of the molecule is CN(c1cc2oc(-c3ccc(F)cc3)c(C(=O)Nc3ccncc3)c2cc1-c1cccc(-c2cc3ccccc3[nH]2)c1)S(C)(=O)=O. The summed E-state index contributed by atoms with van der Waals surface area (Å²) in [6.45, 7) is 0. The second-order valence-corrected chi connectivity index (χ2v) is 13.0. The van der Waals surface area contributed by atoms with Crippen LogP contribution in [-0.4, -0.2) is 37.6 Å². The van der Waals surface area contributed by atoms with E-state index in [0.29, 0.717) is 33.5 Å². The number of benzene rings is 4. The molecule has 0 atom stereocenters. The van der Waals surface area contributed by atoms with Crippen molar-refractivity contribution in [2.24, 2.45) is 0 Å². The quantitative estimate of drug-likeness (QED) is 0.185. The molecule has 3 aromatic heterocycles. The van der Waals surface area contributed by atoms with Crippen LogP contribution < -0.4 is 9.62 Å².